The van der Waals surface area contributed by atoms with E-state index in [1.807, 2.05) is 11.9 Å². The summed E-state index contributed by atoms with van der Waals surface area (Å²) in [4.78, 5) is 12.3. The Bertz CT molecular complexity index is 175. The highest BCUT2D eigenvalue weighted by Crippen LogP contribution is 1.88. The Hall–Kier alpha value is -0.650. The van der Waals surface area contributed by atoms with Gasteiger partial charge in [-0.25, -0.2) is 0 Å². The van der Waals surface area contributed by atoms with E-state index in [1.54, 1.807) is 0 Å². The van der Waals surface area contributed by atoms with Crippen LogP contribution in [0, 0.1) is 0 Å². The van der Waals surface area contributed by atoms with Gasteiger partial charge in [-0.05, 0) is 13.5 Å². The minimum Gasteiger partial charge on any atom is -0.481 e. The standard InChI is InChI=1S/C11H23NO4/c1-3-7-15-9-10-16-8-6-12(2)5-4-11(13)14/h3-10H2,1-2H3,(H,13,14). The van der Waals surface area contributed by atoms with Crippen molar-refractivity contribution in [3.63, 3.8) is 0 Å². The number of likely N-dealkylation sites (N-methyl/N-ethyl adjacent to an activating group) is 1. The van der Waals surface area contributed by atoms with Crippen molar-refractivity contribution in [3.8, 4) is 0 Å². The summed E-state index contributed by atoms with van der Waals surface area (Å²) < 4.78 is 10.6. The summed E-state index contributed by atoms with van der Waals surface area (Å²) in [5, 5.41) is 8.48. The molecule has 1 N–H and O–H groups in total. The Labute approximate surface area is 97.3 Å². The van der Waals surface area contributed by atoms with Gasteiger partial charge in [-0.2, -0.15) is 0 Å². The molecule has 5 nitrogen and oxygen atoms in total. The van der Waals surface area contributed by atoms with Gasteiger partial charge in [-0.1, -0.05) is 6.92 Å². The molecule has 16 heavy (non-hydrogen) atoms. The molecule has 96 valence electrons. The average molecular weight is 233 g/mol. The van der Waals surface area contributed by atoms with E-state index in [0.717, 1.165) is 19.6 Å². The van der Waals surface area contributed by atoms with Gasteiger partial charge in [-0.15, -0.1) is 0 Å². The monoisotopic (exact) mass is 233 g/mol. The van der Waals surface area contributed by atoms with Crippen LogP contribution in [0.4, 0.5) is 0 Å². The van der Waals surface area contributed by atoms with Gasteiger partial charge in [0.05, 0.1) is 26.2 Å². The SMILES string of the molecule is CCCOCCOCCN(C)CCC(=O)O. The third-order valence-electron chi connectivity index (χ3n) is 2.05. The fraction of sp³-hybridized carbons (Fsp3) is 0.909. The van der Waals surface area contributed by atoms with E-state index in [-0.39, 0.29) is 6.42 Å². The first-order valence-electron chi connectivity index (χ1n) is 5.72. The molecule has 0 atom stereocenters. The lowest BCUT2D eigenvalue weighted by Gasteiger charge is -2.15. The molecule has 0 rings (SSSR count). The highest BCUT2D eigenvalue weighted by atomic mass is 16.5. The van der Waals surface area contributed by atoms with Crippen LogP contribution in [0.1, 0.15) is 19.8 Å². The number of carboxylic acids is 1. The zero-order valence-electron chi connectivity index (χ0n) is 10.3. The number of carboxylic acid groups (broad SMARTS) is 1. The highest BCUT2D eigenvalue weighted by Gasteiger charge is 2.01. The second kappa shape index (κ2) is 10.9. The second-order valence-corrected chi connectivity index (χ2v) is 3.67. The number of ether oxygens (including phenoxy) is 2. The zero-order valence-corrected chi connectivity index (χ0v) is 10.3. The van der Waals surface area contributed by atoms with Crippen molar-refractivity contribution >= 4 is 5.97 Å². The maximum atomic E-state index is 10.3. The first-order chi connectivity index (χ1) is 7.66. The average Bonchev–Trinajstić information content (AvgIpc) is 2.25. The van der Waals surface area contributed by atoms with Gasteiger partial charge in [-0.3, -0.25) is 4.79 Å². The quantitative estimate of drug-likeness (QED) is 0.536. The molecular weight excluding hydrogens is 210 g/mol. The lowest BCUT2D eigenvalue weighted by molar-refractivity contribution is -0.137. The molecule has 0 bridgehead atoms. The molecule has 0 heterocycles. The Morgan fingerprint density at radius 1 is 1.12 bits per heavy atom. The number of aliphatic carboxylic acids is 1. The van der Waals surface area contributed by atoms with Crippen LogP contribution in [0.5, 0.6) is 0 Å². The van der Waals surface area contributed by atoms with Crippen LogP contribution >= 0.6 is 0 Å². The number of carbonyl (C=O) groups is 1. The second-order valence-electron chi connectivity index (χ2n) is 3.67. The van der Waals surface area contributed by atoms with Gasteiger partial charge in [0.2, 0.25) is 0 Å². The van der Waals surface area contributed by atoms with E-state index < -0.39 is 5.97 Å². The number of nitrogens with zero attached hydrogens (tertiary/aromatic N) is 1. The van der Waals surface area contributed by atoms with Crippen molar-refractivity contribution < 1.29 is 19.4 Å². The van der Waals surface area contributed by atoms with E-state index in [0.29, 0.717) is 26.4 Å². The summed E-state index contributed by atoms with van der Waals surface area (Å²) in [5.41, 5.74) is 0. The summed E-state index contributed by atoms with van der Waals surface area (Å²) in [6, 6.07) is 0. The normalized spacial score (nSPS) is 10.9. The van der Waals surface area contributed by atoms with Crippen LogP contribution in [-0.2, 0) is 14.3 Å². The van der Waals surface area contributed by atoms with Crippen LogP contribution in [0.3, 0.4) is 0 Å². The van der Waals surface area contributed by atoms with Gasteiger partial charge >= 0.3 is 5.97 Å². The van der Waals surface area contributed by atoms with Gasteiger partial charge in [0.1, 0.15) is 0 Å². The molecular formula is C11H23NO4. The topological polar surface area (TPSA) is 59.0 Å². The molecule has 5 heteroatoms. The first-order valence-corrected chi connectivity index (χ1v) is 5.72. The van der Waals surface area contributed by atoms with Gasteiger partial charge in [0.15, 0.2) is 0 Å². The summed E-state index contributed by atoms with van der Waals surface area (Å²) in [6.45, 7) is 6.01. The van der Waals surface area contributed by atoms with Crippen molar-refractivity contribution in [2.24, 2.45) is 0 Å². The number of rotatable bonds is 11. The molecule has 0 radical (unpaired) electrons. The molecule has 0 aromatic heterocycles. The van der Waals surface area contributed by atoms with Crippen molar-refractivity contribution in [1.29, 1.82) is 0 Å². The van der Waals surface area contributed by atoms with Crippen molar-refractivity contribution in [1.82, 2.24) is 4.90 Å². The lowest BCUT2D eigenvalue weighted by atomic mass is 10.4. The predicted molar refractivity (Wildman–Crippen MR) is 61.7 cm³/mol. The molecule has 0 saturated carbocycles. The maximum Gasteiger partial charge on any atom is 0.304 e. The van der Waals surface area contributed by atoms with Crippen LogP contribution < -0.4 is 0 Å². The third kappa shape index (κ3) is 11.4. The Morgan fingerprint density at radius 2 is 1.75 bits per heavy atom. The molecule has 0 spiro atoms. The maximum absolute atomic E-state index is 10.3. The molecule has 0 unspecified atom stereocenters. The zero-order chi connectivity index (χ0) is 12.2. The van der Waals surface area contributed by atoms with Crippen molar-refractivity contribution in [2.45, 2.75) is 19.8 Å². The van der Waals surface area contributed by atoms with Crippen molar-refractivity contribution in [2.75, 3.05) is 46.6 Å². The molecule has 0 amide bonds. The van der Waals surface area contributed by atoms with Gasteiger partial charge in [0.25, 0.3) is 0 Å². The van der Waals surface area contributed by atoms with E-state index >= 15 is 0 Å². The van der Waals surface area contributed by atoms with E-state index in [1.165, 1.54) is 0 Å². The van der Waals surface area contributed by atoms with E-state index in [2.05, 4.69) is 6.92 Å². The fourth-order valence-corrected chi connectivity index (χ4v) is 1.09. The molecule has 0 aromatic rings. The first kappa shape index (κ1) is 15.3. The van der Waals surface area contributed by atoms with Crippen LogP contribution in [0.2, 0.25) is 0 Å². The highest BCUT2D eigenvalue weighted by molar-refractivity contribution is 5.66. The summed E-state index contributed by atoms with van der Waals surface area (Å²) in [5.74, 6) is -0.763. The molecule has 0 aliphatic carbocycles. The number of hydrogen-bond donors (Lipinski definition) is 1. The van der Waals surface area contributed by atoms with Crippen LogP contribution in [0.15, 0.2) is 0 Å². The molecule has 0 saturated heterocycles. The van der Waals surface area contributed by atoms with E-state index in [9.17, 15) is 4.79 Å². The third-order valence-corrected chi connectivity index (χ3v) is 2.05. The fourth-order valence-electron chi connectivity index (χ4n) is 1.09. The smallest absolute Gasteiger partial charge is 0.304 e. The summed E-state index contributed by atoms with van der Waals surface area (Å²) >= 11 is 0. The van der Waals surface area contributed by atoms with Crippen molar-refractivity contribution in [3.05, 3.63) is 0 Å². The Kier molecular flexibility index (Phi) is 10.4. The van der Waals surface area contributed by atoms with Crippen LogP contribution in [0.25, 0.3) is 0 Å². The Balaban J connectivity index is 3.15. The molecule has 0 aromatic carbocycles. The van der Waals surface area contributed by atoms with Gasteiger partial charge in [0, 0.05) is 19.7 Å². The van der Waals surface area contributed by atoms with Gasteiger partial charge < -0.3 is 19.5 Å². The molecule has 0 fully saturated rings. The molecule has 0 aliphatic heterocycles. The lowest BCUT2D eigenvalue weighted by Crippen LogP contribution is -2.26. The summed E-state index contributed by atoms with van der Waals surface area (Å²) in [6.07, 6.45) is 1.20. The predicted octanol–water partition coefficient (Wildman–Crippen LogP) is 0.836. The minimum atomic E-state index is -0.763. The minimum absolute atomic E-state index is 0.177. The Morgan fingerprint density at radius 3 is 2.31 bits per heavy atom. The largest absolute Gasteiger partial charge is 0.481 e. The number of hydrogen-bond acceptors (Lipinski definition) is 4. The van der Waals surface area contributed by atoms with E-state index in [4.69, 9.17) is 14.6 Å². The molecule has 0 aliphatic rings. The summed E-state index contributed by atoms with van der Waals surface area (Å²) in [7, 11) is 1.89. The van der Waals surface area contributed by atoms with Crippen LogP contribution in [-0.4, -0.2) is 62.5 Å².